The molecule has 0 bridgehead atoms. The van der Waals surface area contributed by atoms with E-state index >= 15 is 0 Å². The Morgan fingerprint density at radius 2 is 0.750 bits per heavy atom. The lowest BCUT2D eigenvalue weighted by Gasteiger charge is -2.36. The van der Waals surface area contributed by atoms with Crippen LogP contribution in [0.25, 0.3) is 79.7 Å². The van der Waals surface area contributed by atoms with Crippen molar-refractivity contribution in [3.8, 4) is 67.5 Å². The smallest absolute Gasteiger partial charge is 0.164 e. The molecule has 0 saturated heterocycles. The first-order chi connectivity index (χ1) is 29.5. The molecule has 1 aromatic heterocycles. The lowest BCUT2D eigenvalue weighted by Crippen LogP contribution is -2.30. The molecule has 282 valence electrons. The Labute approximate surface area is 350 Å². The molecule has 60 heavy (non-hydrogen) atoms. The molecule has 3 nitrogen and oxygen atoms in total. The lowest BCUT2D eigenvalue weighted by molar-refractivity contribution is 0.660. The van der Waals surface area contributed by atoms with E-state index in [0.29, 0.717) is 17.5 Å². The van der Waals surface area contributed by atoms with Crippen LogP contribution in [0.1, 0.15) is 58.4 Å². The van der Waals surface area contributed by atoms with Gasteiger partial charge in [0.15, 0.2) is 17.5 Å². The summed E-state index contributed by atoms with van der Waals surface area (Å²) >= 11 is 0. The standard InChI is InChI=1S/C57H39N3/c1-56(2)48-23-13-10-20-43(48)45-35-52-46(34-51(45)56)44-21-11-14-24-49(44)57(52)47-22-12-9-17-38(47)27-28-39-29-32-42(33-50(39)57)55-59-53(40-18-7-4-8-19-40)58-54(60-55)41-30-25-37(26-31-41)36-15-5-3-6-16-36/h3-35H,1-2H3. The van der Waals surface area contributed by atoms with Crippen LogP contribution in [-0.4, -0.2) is 15.0 Å². The molecular weight excluding hydrogens is 727 g/mol. The summed E-state index contributed by atoms with van der Waals surface area (Å²) in [6.45, 7) is 4.74. The second-order valence-corrected chi connectivity index (χ2v) is 16.7. The van der Waals surface area contributed by atoms with E-state index in [1.807, 2.05) is 24.3 Å². The SMILES string of the molecule is CC1(C)c2ccccc2-c2cc3c(cc21)-c1ccccc1C31c2ccccc2C=Cc2ccc(-c3nc(-c4ccccc4)nc(-c4ccc(-c5ccccc5)cc4)n3)cc21. The molecule has 12 rings (SSSR count). The van der Waals surface area contributed by atoms with Gasteiger partial charge in [-0.1, -0.05) is 196 Å². The molecule has 0 saturated carbocycles. The summed E-state index contributed by atoms with van der Waals surface area (Å²) in [6, 6.07) is 68.1. The van der Waals surface area contributed by atoms with Crippen molar-refractivity contribution in [2.45, 2.75) is 24.7 Å². The Kier molecular flexibility index (Phi) is 7.49. The van der Waals surface area contributed by atoms with Crippen LogP contribution in [0, 0.1) is 0 Å². The Balaban J connectivity index is 1.11. The van der Waals surface area contributed by atoms with Gasteiger partial charge < -0.3 is 0 Å². The average molecular weight is 766 g/mol. The van der Waals surface area contributed by atoms with Gasteiger partial charge >= 0.3 is 0 Å². The first-order valence-corrected chi connectivity index (χ1v) is 20.8. The maximum absolute atomic E-state index is 5.27. The van der Waals surface area contributed by atoms with E-state index in [1.54, 1.807) is 0 Å². The highest BCUT2D eigenvalue weighted by Crippen LogP contribution is 2.61. The van der Waals surface area contributed by atoms with E-state index < -0.39 is 5.41 Å². The number of hydrogen-bond donors (Lipinski definition) is 0. The van der Waals surface area contributed by atoms with E-state index in [4.69, 9.17) is 15.0 Å². The van der Waals surface area contributed by atoms with Gasteiger partial charge in [-0.2, -0.15) is 0 Å². The van der Waals surface area contributed by atoms with Gasteiger partial charge in [-0.05, 0) is 96.1 Å². The maximum Gasteiger partial charge on any atom is 0.164 e. The summed E-state index contributed by atoms with van der Waals surface area (Å²) in [7, 11) is 0. The molecule has 0 N–H and O–H groups in total. The Hall–Kier alpha value is -7.49. The molecule has 0 fully saturated rings. The quantitative estimate of drug-likeness (QED) is 0.179. The predicted molar refractivity (Wildman–Crippen MR) is 245 cm³/mol. The van der Waals surface area contributed by atoms with Crippen LogP contribution in [0.4, 0.5) is 0 Å². The van der Waals surface area contributed by atoms with Gasteiger partial charge in [0.2, 0.25) is 0 Å². The summed E-state index contributed by atoms with van der Waals surface area (Å²) in [6.07, 6.45) is 4.59. The molecule has 1 unspecified atom stereocenters. The fraction of sp³-hybridized carbons (Fsp3) is 0.0702. The van der Waals surface area contributed by atoms with Crippen LogP contribution in [0.3, 0.4) is 0 Å². The summed E-state index contributed by atoms with van der Waals surface area (Å²) in [4.78, 5) is 15.6. The zero-order valence-electron chi connectivity index (χ0n) is 33.4. The van der Waals surface area contributed by atoms with Gasteiger partial charge in [0.05, 0.1) is 5.41 Å². The summed E-state index contributed by atoms with van der Waals surface area (Å²) in [5.74, 6) is 1.93. The zero-order chi connectivity index (χ0) is 40.0. The zero-order valence-corrected chi connectivity index (χ0v) is 33.4. The van der Waals surface area contributed by atoms with Crippen LogP contribution < -0.4 is 0 Å². The third-order valence-electron chi connectivity index (χ3n) is 13.2. The molecule has 1 atom stereocenters. The van der Waals surface area contributed by atoms with Crippen molar-refractivity contribution < 1.29 is 0 Å². The van der Waals surface area contributed by atoms with Gasteiger partial charge in [-0.3, -0.25) is 0 Å². The predicted octanol–water partition coefficient (Wildman–Crippen LogP) is 13.7. The minimum atomic E-state index is -0.612. The molecule has 9 aromatic rings. The monoisotopic (exact) mass is 765 g/mol. The highest BCUT2D eigenvalue weighted by atomic mass is 15.0. The topological polar surface area (TPSA) is 38.7 Å². The Bertz CT molecular complexity index is 3220. The molecule has 3 aliphatic rings. The van der Waals surface area contributed by atoms with Crippen molar-refractivity contribution in [3.63, 3.8) is 0 Å². The van der Waals surface area contributed by atoms with Crippen LogP contribution >= 0.6 is 0 Å². The summed E-state index contributed by atoms with van der Waals surface area (Å²) in [5, 5.41) is 0. The number of rotatable bonds is 4. The minimum absolute atomic E-state index is 0.117. The molecule has 1 spiro atoms. The second kappa shape index (κ2) is 13.0. The number of fused-ring (bicyclic) bond motifs is 12. The summed E-state index contributed by atoms with van der Waals surface area (Å²) in [5.41, 5.74) is 19.9. The van der Waals surface area contributed by atoms with Crippen molar-refractivity contribution >= 4 is 12.2 Å². The largest absolute Gasteiger partial charge is 0.208 e. The van der Waals surface area contributed by atoms with Crippen molar-refractivity contribution in [3.05, 3.63) is 233 Å². The highest BCUT2D eigenvalue weighted by molar-refractivity contribution is 5.95. The van der Waals surface area contributed by atoms with Gasteiger partial charge in [0.25, 0.3) is 0 Å². The third-order valence-corrected chi connectivity index (χ3v) is 13.2. The number of nitrogens with zero attached hydrogens (tertiary/aromatic N) is 3. The molecule has 1 heterocycles. The molecular formula is C57H39N3. The minimum Gasteiger partial charge on any atom is -0.208 e. The van der Waals surface area contributed by atoms with Crippen molar-refractivity contribution in [2.24, 2.45) is 0 Å². The van der Waals surface area contributed by atoms with E-state index in [9.17, 15) is 0 Å². The van der Waals surface area contributed by atoms with Gasteiger partial charge in [-0.15, -0.1) is 0 Å². The van der Waals surface area contributed by atoms with Crippen LogP contribution in [0.5, 0.6) is 0 Å². The highest BCUT2D eigenvalue weighted by Gasteiger charge is 2.50. The van der Waals surface area contributed by atoms with Crippen molar-refractivity contribution in [2.75, 3.05) is 0 Å². The number of hydrogen-bond acceptors (Lipinski definition) is 3. The average Bonchev–Trinajstić information content (AvgIpc) is 3.66. The molecule has 3 aliphatic carbocycles. The Morgan fingerprint density at radius 3 is 1.45 bits per heavy atom. The van der Waals surface area contributed by atoms with Gasteiger partial charge in [-0.25, -0.2) is 15.0 Å². The normalized spacial score (nSPS) is 16.0. The van der Waals surface area contributed by atoms with E-state index in [-0.39, 0.29) is 5.41 Å². The molecule has 3 heteroatoms. The van der Waals surface area contributed by atoms with E-state index in [1.165, 1.54) is 72.3 Å². The first-order valence-electron chi connectivity index (χ1n) is 20.8. The molecule has 0 aliphatic heterocycles. The van der Waals surface area contributed by atoms with Crippen LogP contribution in [-0.2, 0) is 10.8 Å². The summed E-state index contributed by atoms with van der Waals surface area (Å²) < 4.78 is 0. The number of benzene rings is 8. The second-order valence-electron chi connectivity index (χ2n) is 16.7. The maximum atomic E-state index is 5.27. The third kappa shape index (κ3) is 4.99. The Morgan fingerprint density at radius 1 is 0.300 bits per heavy atom. The van der Waals surface area contributed by atoms with Gasteiger partial charge in [0.1, 0.15) is 0 Å². The van der Waals surface area contributed by atoms with Crippen LogP contribution in [0.2, 0.25) is 0 Å². The fourth-order valence-electron chi connectivity index (χ4n) is 10.3. The van der Waals surface area contributed by atoms with Crippen LogP contribution in [0.15, 0.2) is 188 Å². The van der Waals surface area contributed by atoms with E-state index in [2.05, 4.69) is 190 Å². The van der Waals surface area contributed by atoms with Crippen molar-refractivity contribution in [1.29, 1.82) is 0 Å². The fourth-order valence-corrected chi connectivity index (χ4v) is 10.3. The number of aromatic nitrogens is 3. The first kappa shape index (κ1) is 34.5. The van der Waals surface area contributed by atoms with Gasteiger partial charge in [0, 0.05) is 22.1 Å². The van der Waals surface area contributed by atoms with Crippen molar-refractivity contribution in [1.82, 2.24) is 15.0 Å². The molecule has 0 amide bonds. The molecule has 8 aromatic carbocycles. The lowest BCUT2D eigenvalue weighted by atomic mass is 9.65. The molecule has 0 radical (unpaired) electrons. The van der Waals surface area contributed by atoms with E-state index in [0.717, 1.165) is 22.3 Å².